The Kier molecular flexibility index (Phi) is 5.44. The fraction of sp³-hybridized carbons (Fsp3) is 0.0435. The molecule has 0 saturated heterocycles. The molecule has 31 heavy (non-hydrogen) atoms. The fourth-order valence-corrected chi connectivity index (χ4v) is 3.20. The van der Waals surface area contributed by atoms with E-state index >= 15 is 0 Å². The third-order valence-corrected chi connectivity index (χ3v) is 4.77. The number of hydrogen-bond donors (Lipinski definition) is 1. The number of benzene rings is 2. The second kappa shape index (κ2) is 8.20. The highest BCUT2D eigenvalue weighted by Crippen LogP contribution is 2.38. The maximum Gasteiger partial charge on any atom is 0.416 e. The van der Waals surface area contributed by atoms with Crippen molar-refractivity contribution >= 4 is 12.6 Å². The highest BCUT2D eigenvalue weighted by atomic mass is 32.1. The SMILES string of the molecule is N#Cc1cc(S)ccc1Oc1cnc(-c2cccc(C(F)(F)F)c2)cc1-c1ccoc1. The lowest BCUT2D eigenvalue weighted by Crippen LogP contribution is -2.04. The van der Waals surface area contributed by atoms with Gasteiger partial charge in [0, 0.05) is 21.6 Å². The van der Waals surface area contributed by atoms with Gasteiger partial charge in [-0.2, -0.15) is 18.4 Å². The Bertz CT molecular complexity index is 1280. The van der Waals surface area contributed by atoms with Crippen LogP contribution in [-0.2, 0) is 6.18 Å². The molecule has 2 aromatic heterocycles. The van der Waals surface area contributed by atoms with Gasteiger partial charge in [-0.15, -0.1) is 12.6 Å². The zero-order chi connectivity index (χ0) is 22.0. The van der Waals surface area contributed by atoms with Gasteiger partial charge < -0.3 is 9.15 Å². The molecular formula is C23H13F3N2O2S. The van der Waals surface area contributed by atoms with Gasteiger partial charge in [-0.05, 0) is 42.5 Å². The van der Waals surface area contributed by atoms with E-state index in [1.54, 1.807) is 36.4 Å². The minimum atomic E-state index is -4.46. The molecule has 0 saturated carbocycles. The topological polar surface area (TPSA) is 59.0 Å². The quantitative estimate of drug-likeness (QED) is 0.349. The van der Waals surface area contributed by atoms with Crippen molar-refractivity contribution in [2.24, 2.45) is 0 Å². The number of aromatic nitrogens is 1. The first-order valence-corrected chi connectivity index (χ1v) is 9.41. The number of rotatable bonds is 4. The van der Waals surface area contributed by atoms with Gasteiger partial charge in [0.25, 0.3) is 0 Å². The van der Waals surface area contributed by atoms with Crippen LogP contribution in [0.25, 0.3) is 22.4 Å². The number of hydrogen-bond acceptors (Lipinski definition) is 5. The van der Waals surface area contributed by atoms with E-state index in [2.05, 4.69) is 17.6 Å². The summed E-state index contributed by atoms with van der Waals surface area (Å²) in [4.78, 5) is 4.90. The summed E-state index contributed by atoms with van der Waals surface area (Å²) in [7, 11) is 0. The van der Waals surface area contributed by atoms with Crippen LogP contribution < -0.4 is 4.74 Å². The molecule has 2 aromatic carbocycles. The van der Waals surface area contributed by atoms with Gasteiger partial charge in [-0.3, -0.25) is 4.98 Å². The van der Waals surface area contributed by atoms with Crippen molar-refractivity contribution in [2.45, 2.75) is 11.1 Å². The number of pyridine rings is 1. The number of furan rings is 1. The fourth-order valence-electron chi connectivity index (χ4n) is 2.99. The Morgan fingerprint density at radius 3 is 2.55 bits per heavy atom. The predicted molar refractivity (Wildman–Crippen MR) is 111 cm³/mol. The number of ether oxygens (including phenoxy) is 1. The van der Waals surface area contributed by atoms with E-state index in [0.29, 0.717) is 38.8 Å². The predicted octanol–water partition coefficient (Wildman–Crippen LogP) is 6.98. The maximum atomic E-state index is 13.1. The van der Waals surface area contributed by atoms with Crippen LogP contribution in [0.2, 0.25) is 0 Å². The van der Waals surface area contributed by atoms with Gasteiger partial charge in [0.2, 0.25) is 0 Å². The first-order valence-electron chi connectivity index (χ1n) is 8.96. The van der Waals surface area contributed by atoms with Crippen molar-refractivity contribution in [3.63, 3.8) is 0 Å². The Morgan fingerprint density at radius 1 is 1.00 bits per heavy atom. The average molecular weight is 438 g/mol. The maximum absolute atomic E-state index is 13.1. The van der Waals surface area contributed by atoms with Crippen molar-refractivity contribution < 1.29 is 22.3 Å². The molecule has 0 aliphatic heterocycles. The molecule has 0 spiro atoms. The molecule has 0 aliphatic rings. The van der Waals surface area contributed by atoms with Crippen LogP contribution in [-0.4, -0.2) is 4.98 Å². The summed E-state index contributed by atoms with van der Waals surface area (Å²) < 4.78 is 50.4. The minimum absolute atomic E-state index is 0.285. The second-order valence-electron chi connectivity index (χ2n) is 6.55. The van der Waals surface area contributed by atoms with E-state index in [4.69, 9.17) is 9.15 Å². The summed E-state index contributed by atoms with van der Waals surface area (Å²) in [5.74, 6) is 0.624. The van der Waals surface area contributed by atoms with Gasteiger partial charge in [-0.1, -0.05) is 12.1 Å². The van der Waals surface area contributed by atoms with Crippen molar-refractivity contribution in [1.29, 1.82) is 5.26 Å². The third kappa shape index (κ3) is 4.42. The van der Waals surface area contributed by atoms with Crippen molar-refractivity contribution in [1.82, 2.24) is 4.98 Å². The standard InChI is InChI=1S/C23H13F3N2O2S/c24-23(25,26)17-3-1-2-14(8-17)20-10-19(15-6-7-29-13-15)22(12-28-20)30-21-5-4-18(31)9-16(21)11-27/h1-10,12-13,31H. The molecule has 4 aromatic rings. The summed E-state index contributed by atoms with van der Waals surface area (Å²) >= 11 is 4.22. The normalized spacial score (nSPS) is 11.2. The first-order chi connectivity index (χ1) is 14.8. The summed E-state index contributed by atoms with van der Waals surface area (Å²) in [6, 6.07) is 15.2. The number of nitrogens with zero attached hydrogens (tertiary/aromatic N) is 2. The molecule has 0 radical (unpaired) electrons. The molecule has 2 heterocycles. The molecule has 154 valence electrons. The molecule has 8 heteroatoms. The van der Waals surface area contributed by atoms with Crippen LogP contribution in [0.5, 0.6) is 11.5 Å². The number of thiol groups is 1. The van der Waals surface area contributed by atoms with Gasteiger partial charge in [0.15, 0.2) is 5.75 Å². The van der Waals surface area contributed by atoms with Gasteiger partial charge >= 0.3 is 6.18 Å². The lowest BCUT2D eigenvalue weighted by atomic mass is 10.0. The van der Waals surface area contributed by atoms with E-state index in [1.165, 1.54) is 24.8 Å². The number of nitriles is 1. The van der Waals surface area contributed by atoms with E-state index < -0.39 is 11.7 Å². The van der Waals surface area contributed by atoms with Crippen LogP contribution in [0.15, 0.2) is 82.6 Å². The first kappa shape index (κ1) is 20.6. The monoisotopic (exact) mass is 438 g/mol. The van der Waals surface area contributed by atoms with E-state index in [-0.39, 0.29) is 5.56 Å². The van der Waals surface area contributed by atoms with Crippen LogP contribution in [0.4, 0.5) is 13.2 Å². The van der Waals surface area contributed by atoms with Gasteiger partial charge in [0.05, 0.1) is 35.5 Å². The summed E-state index contributed by atoms with van der Waals surface area (Å²) in [6.45, 7) is 0. The highest BCUT2D eigenvalue weighted by Gasteiger charge is 2.30. The van der Waals surface area contributed by atoms with Crippen LogP contribution in [0, 0.1) is 11.3 Å². The minimum Gasteiger partial charge on any atom is -0.472 e. The summed E-state index contributed by atoms with van der Waals surface area (Å²) in [5.41, 5.74) is 1.36. The number of halogens is 3. The van der Waals surface area contributed by atoms with E-state index in [9.17, 15) is 18.4 Å². The molecule has 4 rings (SSSR count). The van der Waals surface area contributed by atoms with Crippen molar-refractivity contribution in [2.75, 3.05) is 0 Å². The Hall–Kier alpha value is -3.70. The van der Waals surface area contributed by atoms with Crippen molar-refractivity contribution in [3.05, 3.63) is 84.4 Å². The van der Waals surface area contributed by atoms with Crippen LogP contribution in [0.1, 0.15) is 11.1 Å². The van der Waals surface area contributed by atoms with E-state index in [0.717, 1.165) is 12.1 Å². The largest absolute Gasteiger partial charge is 0.472 e. The van der Waals surface area contributed by atoms with Gasteiger partial charge in [0.1, 0.15) is 11.8 Å². The Morgan fingerprint density at radius 2 is 1.84 bits per heavy atom. The molecule has 0 unspecified atom stereocenters. The molecular weight excluding hydrogens is 425 g/mol. The van der Waals surface area contributed by atoms with E-state index in [1.807, 2.05) is 6.07 Å². The molecule has 0 N–H and O–H groups in total. The van der Waals surface area contributed by atoms with Crippen molar-refractivity contribution in [3.8, 4) is 40.0 Å². The molecule has 0 fully saturated rings. The summed E-state index contributed by atoms with van der Waals surface area (Å²) in [6.07, 6.45) is -0.0903. The number of alkyl halides is 3. The Balaban J connectivity index is 1.80. The summed E-state index contributed by atoms with van der Waals surface area (Å²) in [5, 5.41) is 9.37. The molecule has 0 bridgehead atoms. The zero-order valence-corrected chi connectivity index (χ0v) is 16.6. The van der Waals surface area contributed by atoms with Crippen LogP contribution in [0.3, 0.4) is 0 Å². The third-order valence-electron chi connectivity index (χ3n) is 4.49. The van der Waals surface area contributed by atoms with Crippen LogP contribution >= 0.6 is 12.6 Å². The molecule has 0 amide bonds. The lowest BCUT2D eigenvalue weighted by Gasteiger charge is -2.13. The lowest BCUT2D eigenvalue weighted by molar-refractivity contribution is -0.137. The van der Waals surface area contributed by atoms with Gasteiger partial charge in [-0.25, -0.2) is 0 Å². The zero-order valence-electron chi connectivity index (χ0n) is 15.7. The molecule has 0 aliphatic carbocycles. The molecule has 0 atom stereocenters. The smallest absolute Gasteiger partial charge is 0.416 e. The highest BCUT2D eigenvalue weighted by molar-refractivity contribution is 7.80. The Labute approximate surface area is 181 Å². The molecule has 4 nitrogen and oxygen atoms in total. The second-order valence-corrected chi connectivity index (χ2v) is 7.07. The average Bonchev–Trinajstić information content (AvgIpc) is 3.29.